The third kappa shape index (κ3) is 4.53. The molecular weight excluding hydrogens is 466 g/mol. The Morgan fingerprint density at radius 2 is 2.00 bits per heavy atom. The lowest BCUT2D eigenvalue weighted by Crippen LogP contribution is -2.31. The molecule has 1 aromatic heterocycles. The smallest absolute Gasteiger partial charge is 0.255 e. The maximum atomic E-state index is 13.8. The lowest BCUT2D eigenvalue weighted by atomic mass is 9.94. The van der Waals surface area contributed by atoms with Gasteiger partial charge in [-0.05, 0) is 49.4 Å². The summed E-state index contributed by atoms with van der Waals surface area (Å²) in [4.78, 5) is 18.4. The molecule has 1 amide bonds. The van der Waals surface area contributed by atoms with Crippen LogP contribution in [0.1, 0.15) is 32.4 Å². The van der Waals surface area contributed by atoms with Crippen LogP contribution in [0.2, 0.25) is 0 Å². The van der Waals surface area contributed by atoms with E-state index in [9.17, 15) is 4.79 Å². The molecule has 35 heavy (non-hydrogen) atoms. The number of thioether (sulfide) groups is 1. The van der Waals surface area contributed by atoms with Gasteiger partial charge in [-0.2, -0.15) is 4.98 Å². The van der Waals surface area contributed by atoms with Gasteiger partial charge in [-0.15, -0.1) is 5.10 Å². The molecule has 1 atom stereocenters. The predicted octanol–water partition coefficient (Wildman–Crippen LogP) is 4.49. The molecular formula is C25H27N5O4S. The first kappa shape index (κ1) is 23.1. The number of nitrogens with zero attached hydrogens (tertiary/aromatic N) is 3. The molecule has 2 aliphatic rings. The fourth-order valence-corrected chi connectivity index (χ4v) is 4.75. The molecule has 3 heterocycles. The summed E-state index contributed by atoms with van der Waals surface area (Å²) in [5, 5.41) is 11.7. The van der Waals surface area contributed by atoms with Crippen molar-refractivity contribution in [3.05, 3.63) is 59.3 Å². The molecule has 9 nitrogen and oxygen atoms in total. The summed E-state index contributed by atoms with van der Waals surface area (Å²) in [6, 6.07) is 12.6. The number of amides is 1. The van der Waals surface area contributed by atoms with Gasteiger partial charge in [0.2, 0.25) is 11.1 Å². The molecule has 10 heteroatoms. The van der Waals surface area contributed by atoms with Crippen LogP contribution in [-0.2, 0) is 4.79 Å². The topological polar surface area (TPSA) is 99.5 Å². The molecule has 0 saturated heterocycles. The molecule has 0 aliphatic carbocycles. The van der Waals surface area contributed by atoms with Crippen LogP contribution in [-0.4, -0.2) is 46.2 Å². The SMILES string of the molecule is CCOc1ccccc1NC(=O)C1=C(C)Nc2nc(SCC)nn2C1c1ccc2c(c1)OCCO2. The Morgan fingerprint density at radius 1 is 1.20 bits per heavy atom. The number of allylic oxidation sites excluding steroid dienone is 1. The molecule has 0 bridgehead atoms. The number of hydrogen-bond donors (Lipinski definition) is 2. The largest absolute Gasteiger partial charge is 0.492 e. The van der Waals surface area contributed by atoms with Crippen molar-refractivity contribution in [3.63, 3.8) is 0 Å². The highest BCUT2D eigenvalue weighted by Gasteiger charge is 2.35. The van der Waals surface area contributed by atoms with Crippen molar-refractivity contribution < 1.29 is 19.0 Å². The second-order valence-corrected chi connectivity index (χ2v) is 9.18. The molecule has 2 N–H and O–H groups in total. The number of ether oxygens (including phenoxy) is 3. The average molecular weight is 494 g/mol. The molecule has 0 spiro atoms. The Bertz CT molecular complexity index is 1290. The lowest BCUT2D eigenvalue weighted by molar-refractivity contribution is -0.113. The molecule has 5 rings (SSSR count). The molecule has 0 radical (unpaired) electrons. The van der Waals surface area contributed by atoms with Crippen LogP contribution < -0.4 is 24.8 Å². The molecule has 0 saturated carbocycles. The predicted molar refractivity (Wildman–Crippen MR) is 135 cm³/mol. The highest BCUT2D eigenvalue weighted by atomic mass is 32.2. The van der Waals surface area contributed by atoms with E-state index >= 15 is 0 Å². The normalized spacial score (nSPS) is 16.4. The average Bonchev–Trinajstić information content (AvgIpc) is 3.26. The summed E-state index contributed by atoms with van der Waals surface area (Å²) in [5.41, 5.74) is 2.67. The second kappa shape index (κ2) is 9.91. The summed E-state index contributed by atoms with van der Waals surface area (Å²) in [6.45, 7) is 7.32. The van der Waals surface area contributed by atoms with Crippen LogP contribution in [0.15, 0.2) is 58.9 Å². The minimum absolute atomic E-state index is 0.257. The highest BCUT2D eigenvalue weighted by molar-refractivity contribution is 7.99. The van der Waals surface area contributed by atoms with E-state index in [2.05, 4.69) is 22.5 Å². The zero-order valence-corrected chi connectivity index (χ0v) is 20.6. The summed E-state index contributed by atoms with van der Waals surface area (Å²) in [5.74, 6) is 3.12. The maximum absolute atomic E-state index is 13.8. The Labute approximate surface area is 207 Å². The Balaban J connectivity index is 1.57. The van der Waals surface area contributed by atoms with Crippen LogP contribution >= 0.6 is 11.8 Å². The van der Waals surface area contributed by atoms with Crippen LogP contribution in [0.5, 0.6) is 17.2 Å². The number of carbonyl (C=O) groups is 1. The first-order chi connectivity index (χ1) is 17.1. The number of aromatic nitrogens is 3. The summed E-state index contributed by atoms with van der Waals surface area (Å²) < 4.78 is 19.0. The van der Waals surface area contributed by atoms with Crippen LogP contribution in [0.3, 0.4) is 0 Å². The number of benzene rings is 2. The standard InChI is InChI=1S/C25H27N5O4S/c1-4-32-18-9-7-6-8-17(18)27-23(31)21-15(3)26-24-28-25(35-5-2)29-30(24)22(21)16-10-11-19-20(14-16)34-13-12-33-19/h6-11,14,22H,4-5,12-13H2,1-3H3,(H,27,31)(H,26,28,29). The van der Waals surface area contributed by atoms with Crippen LogP contribution in [0.4, 0.5) is 11.6 Å². The van der Waals surface area contributed by atoms with E-state index in [4.69, 9.17) is 19.3 Å². The minimum atomic E-state index is -0.514. The quantitative estimate of drug-likeness (QED) is 0.465. The van der Waals surface area contributed by atoms with Crippen molar-refractivity contribution >= 4 is 29.3 Å². The van der Waals surface area contributed by atoms with E-state index in [1.54, 1.807) is 16.4 Å². The van der Waals surface area contributed by atoms with Crippen molar-refractivity contribution in [2.45, 2.75) is 32.0 Å². The first-order valence-corrected chi connectivity index (χ1v) is 12.6. The third-order valence-corrected chi connectivity index (χ3v) is 6.39. The van der Waals surface area contributed by atoms with E-state index in [1.165, 1.54) is 0 Å². The number of rotatable bonds is 7. The number of anilines is 2. The molecule has 2 aromatic carbocycles. The number of hydrogen-bond acceptors (Lipinski definition) is 8. The lowest BCUT2D eigenvalue weighted by Gasteiger charge is -2.29. The highest BCUT2D eigenvalue weighted by Crippen LogP contribution is 2.40. The van der Waals surface area contributed by atoms with Crippen LogP contribution in [0, 0.1) is 0 Å². The van der Waals surface area contributed by atoms with E-state index in [1.807, 2.05) is 56.3 Å². The van der Waals surface area contributed by atoms with Crippen molar-refractivity contribution in [1.29, 1.82) is 0 Å². The van der Waals surface area contributed by atoms with E-state index in [0.717, 1.165) is 11.3 Å². The number of carbonyl (C=O) groups excluding carboxylic acids is 1. The van der Waals surface area contributed by atoms with Gasteiger partial charge in [0.15, 0.2) is 11.5 Å². The van der Waals surface area contributed by atoms with Gasteiger partial charge < -0.3 is 24.8 Å². The van der Waals surface area contributed by atoms with Gasteiger partial charge >= 0.3 is 0 Å². The van der Waals surface area contributed by atoms with Crippen molar-refractivity contribution in [2.75, 3.05) is 36.2 Å². The van der Waals surface area contributed by atoms with Gasteiger partial charge in [0.1, 0.15) is 25.0 Å². The fraction of sp³-hybridized carbons (Fsp3) is 0.320. The maximum Gasteiger partial charge on any atom is 0.255 e. The van der Waals surface area contributed by atoms with Crippen molar-refractivity contribution in [1.82, 2.24) is 14.8 Å². The third-order valence-electron chi connectivity index (χ3n) is 5.67. The van der Waals surface area contributed by atoms with E-state index < -0.39 is 6.04 Å². The first-order valence-electron chi connectivity index (χ1n) is 11.6. The van der Waals surface area contributed by atoms with Gasteiger partial charge in [0, 0.05) is 5.70 Å². The fourth-order valence-electron chi connectivity index (χ4n) is 4.19. The second-order valence-electron chi connectivity index (χ2n) is 7.95. The Kier molecular flexibility index (Phi) is 6.54. The van der Waals surface area contributed by atoms with E-state index in [-0.39, 0.29) is 5.91 Å². The van der Waals surface area contributed by atoms with Gasteiger partial charge in [-0.1, -0.05) is 36.9 Å². The zero-order valence-electron chi connectivity index (χ0n) is 19.8. The molecule has 182 valence electrons. The number of fused-ring (bicyclic) bond motifs is 2. The summed E-state index contributed by atoms with van der Waals surface area (Å²) >= 11 is 1.55. The number of nitrogens with one attached hydrogen (secondary N) is 2. The molecule has 1 unspecified atom stereocenters. The monoisotopic (exact) mass is 493 g/mol. The Hall–Kier alpha value is -3.66. The minimum Gasteiger partial charge on any atom is -0.492 e. The molecule has 0 fully saturated rings. The van der Waals surface area contributed by atoms with Gasteiger partial charge in [0.05, 0.1) is 17.9 Å². The van der Waals surface area contributed by atoms with Gasteiger partial charge in [-0.25, -0.2) is 4.68 Å². The van der Waals surface area contributed by atoms with Gasteiger partial charge in [0.25, 0.3) is 5.91 Å². The molecule has 3 aromatic rings. The van der Waals surface area contributed by atoms with E-state index in [0.29, 0.717) is 65.1 Å². The summed E-state index contributed by atoms with van der Waals surface area (Å²) in [7, 11) is 0. The van der Waals surface area contributed by atoms with Gasteiger partial charge in [-0.3, -0.25) is 4.79 Å². The van der Waals surface area contributed by atoms with Crippen LogP contribution in [0.25, 0.3) is 0 Å². The molecule has 2 aliphatic heterocycles. The summed E-state index contributed by atoms with van der Waals surface area (Å²) in [6.07, 6.45) is 0. The number of para-hydroxylation sites is 2. The van der Waals surface area contributed by atoms with Crippen molar-refractivity contribution in [2.24, 2.45) is 0 Å². The zero-order chi connectivity index (χ0) is 24.4. The Morgan fingerprint density at radius 3 is 2.80 bits per heavy atom. The van der Waals surface area contributed by atoms with Crippen molar-refractivity contribution in [3.8, 4) is 17.2 Å².